The molecule has 0 fully saturated rings. The number of likely N-dealkylation sites (N-methyl/N-ethyl adjacent to an activating group) is 1. The van der Waals surface area contributed by atoms with Gasteiger partial charge in [-0.3, -0.25) is 0 Å². The van der Waals surface area contributed by atoms with Crippen LogP contribution in [0.25, 0.3) is 10.9 Å². The van der Waals surface area contributed by atoms with Gasteiger partial charge in [-0.05, 0) is 0 Å². The van der Waals surface area contributed by atoms with E-state index in [1.807, 2.05) is 54.7 Å². The number of hydrogen-bond donors (Lipinski definition) is 1. The molecule has 4 nitrogen and oxygen atoms in total. The van der Waals surface area contributed by atoms with Crippen LogP contribution in [0.5, 0.6) is 5.75 Å². The summed E-state index contributed by atoms with van der Waals surface area (Å²) in [5, 5.41) is 0.744. The number of fused-ring (bicyclic) bond motifs is 1. The van der Waals surface area contributed by atoms with Crippen LogP contribution < -0.4 is 26.2 Å². The van der Waals surface area contributed by atoms with Gasteiger partial charge in [-0.2, -0.15) is 0 Å². The van der Waals surface area contributed by atoms with E-state index in [2.05, 4.69) is 20.1 Å². The first-order chi connectivity index (χ1) is 12.7. The molecule has 0 aliphatic carbocycles. The number of halogens is 1. The number of nitrogens with one attached hydrogen (secondary N) is 1. The molecular formula is C20H22IN2O2S-. The molecule has 0 bridgehead atoms. The Labute approximate surface area is 168 Å². The number of H-pyrrole nitrogens is 1. The minimum atomic E-state index is -0.273. The summed E-state index contributed by atoms with van der Waals surface area (Å²) in [4.78, 5) is 17.9. The molecule has 138 valence electrons. The molecule has 0 saturated heterocycles. The molecule has 0 aliphatic rings. The van der Waals surface area contributed by atoms with Gasteiger partial charge in [-0.15, -0.1) is 0 Å². The number of hydrogen-bond acceptors (Lipinski definition) is 4. The number of benzene rings is 2. The Hall–Kier alpha value is -1.51. The zero-order valence-electron chi connectivity index (χ0n) is 14.9. The van der Waals surface area contributed by atoms with Gasteiger partial charge in [0, 0.05) is 0 Å². The molecule has 0 amide bonds. The average molecular weight is 481 g/mol. The van der Waals surface area contributed by atoms with E-state index in [-0.39, 0.29) is 26.8 Å². The van der Waals surface area contributed by atoms with Crippen molar-refractivity contribution in [1.82, 2.24) is 8.10 Å². The molecule has 2 aromatic carbocycles. The van der Waals surface area contributed by atoms with Crippen LogP contribution in [0.1, 0.15) is 11.1 Å². The molecular weight excluding hydrogens is 459 g/mol. The fourth-order valence-corrected chi connectivity index (χ4v) is 4.05. The topological polar surface area (TPSA) is 45.3 Å². The van der Waals surface area contributed by atoms with Gasteiger partial charge in [0.05, 0.1) is 0 Å². The SMILES string of the molecule is C[I-]N(C)CCc1c[nH]c2cccc(OC(=O)SCc3ccccc3)c12. The maximum atomic E-state index is 12.3. The van der Waals surface area contributed by atoms with Crippen LogP contribution >= 0.6 is 11.8 Å². The minimum absolute atomic E-state index is 0.101. The summed E-state index contributed by atoms with van der Waals surface area (Å²) in [7, 11) is 2.16. The van der Waals surface area contributed by atoms with Crippen molar-refractivity contribution in [2.75, 3.05) is 18.5 Å². The van der Waals surface area contributed by atoms with Crippen LogP contribution in [0.4, 0.5) is 4.79 Å². The molecule has 1 aromatic heterocycles. The molecule has 3 rings (SSSR count). The van der Waals surface area contributed by atoms with Crippen molar-refractivity contribution < 1.29 is 31.0 Å². The zero-order chi connectivity index (χ0) is 18.4. The second-order valence-corrected chi connectivity index (χ2v) is 9.39. The summed E-state index contributed by atoms with van der Waals surface area (Å²) < 4.78 is 8.06. The Morgan fingerprint density at radius 2 is 2.00 bits per heavy atom. The van der Waals surface area contributed by atoms with Gasteiger partial charge < -0.3 is 0 Å². The van der Waals surface area contributed by atoms with Crippen molar-refractivity contribution >= 4 is 28.0 Å². The van der Waals surface area contributed by atoms with Crippen molar-refractivity contribution in [3.8, 4) is 5.75 Å². The van der Waals surface area contributed by atoms with Gasteiger partial charge in [0.1, 0.15) is 0 Å². The van der Waals surface area contributed by atoms with E-state index in [4.69, 9.17) is 4.74 Å². The molecule has 0 atom stereocenters. The molecule has 0 radical (unpaired) electrons. The molecule has 3 aromatic rings. The van der Waals surface area contributed by atoms with Crippen molar-refractivity contribution in [1.29, 1.82) is 0 Å². The number of ether oxygens (including phenoxy) is 1. The second kappa shape index (κ2) is 9.43. The zero-order valence-corrected chi connectivity index (χ0v) is 17.8. The van der Waals surface area contributed by atoms with E-state index in [1.54, 1.807) is 0 Å². The standard InChI is InChI=1S/C20H22IN2O2S/c1-21-23(2)12-11-16-13-22-17-9-6-10-18(19(16)17)25-20(24)26-14-15-7-4-3-5-8-15/h3-10,13,22H,11-12,14H2,1-2H3/q-1. The third-order valence-corrected chi connectivity index (χ3v) is 7.05. The second-order valence-electron chi connectivity index (χ2n) is 5.87. The summed E-state index contributed by atoms with van der Waals surface area (Å²) in [5.41, 5.74) is 3.31. The Kier molecular flexibility index (Phi) is 6.99. The van der Waals surface area contributed by atoms with Crippen molar-refractivity contribution in [3.63, 3.8) is 0 Å². The third-order valence-electron chi connectivity index (χ3n) is 4.12. The van der Waals surface area contributed by atoms with Crippen LogP contribution in [-0.2, 0) is 12.2 Å². The molecule has 0 saturated carbocycles. The van der Waals surface area contributed by atoms with Crippen LogP contribution in [-0.4, -0.2) is 31.9 Å². The first kappa shape index (κ1) is 19.3. The fourth-order valence-electron chi connectivity index (χ4n) is 2.70. The van der Waals surface area contributed by atoms with E-state index in [1.165, 1.54) is 17.3 Å². The third kappa shape index (κ3) is 5.02. The molecule has 0 aliphatic heterocycles. The van der Waals surface area contributed by atoms with Crippen LogP contribution in [0.2, 0.25) is 0 Å². The average Bonchev–Trinajstić information content (AvgIpc) is 3.09. The van der Waals surface area contributed by atoms with Crippen molar-refractivity contribution in [3.05, 3.63) is 65.9 Å². The van der Waals surface area contributed by atoms with Gasteiger partial charge in [0.2, 0.25) is 0 Å². The van der Waals surface area contributed by atoms with E-state index in [0.29, 0.717) is 11.5 Å². The number of nitrogens with zero attached hydrogens (tertiary/aromatic N) is 1. The van der Waals surface area contributed by atoms with Crippen LogP contribution in [0.15, 0.2) is 54.7 Å². The molecule has 26 heavy (non-hydrogen) atoms. The van der Waals surface area contributed by atoms with E-state index in [0.717, 1.165) is 29.4 Å². The Balaban J connectivity index is 1.70. The molecule has 0 unspecified atom stereocenters. The Morgan fingerprint density at radius 3 is 2.77 bits per heavy atom. The summed E-state index contributed by atoms with van der Waals surface area (Å²) in [6.45, 7) is 1.02. The summed E-state index contributed by atoms with van der Waals surface area (Å²) in [5.74, 6) is 1.25. The summed E-state index contributed by atoms with van der Waals surface area (Å²) >= 11 is 1.29. The van der Waals surface area contributed by atoms with E-state index < -0.39 is 0 Å². The summed E-state index contributed by atoms with van der Waals surface area (Å²) in [6.07, 6.45) is 2.97. The number of aromatic amines is 1. The number of carbonyl (C=O) groups is 1. The number of aromatic nitrogens is 1. The van der Waals surface area contributed by atoms with Crippen molar-refractivity contribution in [2.45, 2.75) is 12.2 Å². The van der Waals surface area contributed by atoms with Gasteiger partial charge in [0.15, 0.2) is 0 Å². The maximum absolute atomic E-state index is 12.3. The monoisotopic (exact) mass is 481 g/mol. The Morgan fingerprint density at radius 1 is 1.19 bits per heavy atom. The molecule has 1 N–H and O–H groups in total. The van der Waals surface area contributed by atoms with Crippen LogP contribution in [0, 0.1) is 0 Å². The molecule has 0 spiro atoms. The number of rotatable bonds is 7. The van der Waals surface area contributed by atoms with Gasteiger partial charge in [-0.25, -0.2) is 0 Å². The number of alkyl halides is 1. The van der Waals surface area contributed by atoms with Crippen molar-refractivity contribution in [2.24, 2.45) is 0 Å². The van der Waals surface area contributed by atoms with Gasteiger partial charge in [-0.1, -0.05) is 18.2 Å². The van der Waals surface area contributed by atoms with Gasteiger partial charge in [0.25, 0.3) is 0 Å². The fraction of sp³-hybridized carbons (Fsp3) is 0.250. The van der Waals surface area contributed by atoms with E-state index in [9.17, 15) is 4.79 Å². The van der Waals surface area contributed by atoms with Crippen LogP contribution in [0.3, 0.4) is 0 Å². The first-order valence-electron chi connectivity index (χ1n) is 8.35. The summed E-state index contributed by atoms with van der Waals surface area (Å²) in [6, 6.07) is 15.7. The predicted octanol–water partition coefficient (Wildman–Crippen LogP) is 1.71. The normalized spacial score (nSPS) is 11.3. The molecule has 1 heterocycles. The molecule has 6 heteroatoms. The first-order valence-corrected chi connectivity index (χ1v) is 12.5. The van der Waals surface area contributed by atoms with Gasteiger partial charge >= 0.3 is 151 Å². The van der Waals surface area contributed by atoms with E-state index >= 15 is 0 Å². The Bertz CT molecular complexity index is 867. The number of carbonyl (C=O) groups excluding carboxylic acids is 1. The quantitative estimate of drug-likeness (QED) is 0.242. The predicted molar refractivity (Wildman–Crippen MR) is 104 cm³/mol. The number of thioether (sulfide) groups is 1.